The minimum atomic E-state index is -3.59. The fraction of sp³-hybridized carbons (Fsp3) is 0.588. The molecule has 9 nitrogen and oxygen atoms in total. The van der Waals surface area contributed by atoms with E-state index in [4.69, 9.17) is 9.72 Å². The van der Waals surface area contributed by atoms with E-state index in [0.717, 1.165) is 17.7 Å². The molecule has 0 aromatic carbocycles. The number of anilines is 1. The van der Waals surface area contributed by atoms with Gasteiger partial charge in [-0.3, -0.25) is 0 Å². The number of nitrogens with zero attached hydrogens (tertiary/aromatic N) is 6. The molecule has 2 aromatic heterocycles. The predicted molar refractivity (Wildman–Crippen MR) is 98.9 cm³/mol. The van der Waals surface area contributed by atoms with E-state index in [2.05, 4.69) is 9.97 Å². The summed E-state index contributed by atoms with van der Waals surface area (Å²) in [7, 11) is 1.97. The van der Waals surface area contributed by atoms with Crippen molar-refractivity contribution in [2.45, 2.75) is 29.9 Å². The van der Waals surface area contributed by atoms with E-state index in [1.807, 2.05) is 25.2 Å². The normalized spacial score (nSPS) is 19.8. The van der Waals surface area contributed by atoms with Crippen LogP contribution in [-0.4, -0.2) is 66.0 Å². The molecule has 2 aromatic rings. The Labute approximate surface area is 159 Å². The number of imidazole rings is 1. The second kappa shape index (κ2) is 6.54. The molecule has 2 aliphatic rings. The molecule has 0 amide bonds. The number of fused-ring (bicyclic) bond motifs is 2. The first-order valence-corrected chi connectivity index (χ1v) is 10.4. The van der Waals surface area contributed by atoms with Crippen molar-refractivity contribution in [1.29, 1.82) is 0 Å². The molecule has 0 unspecified atom stereocenters. The van der Waals surface area contributed by atoms with Gasteiger partial charge in [0.2, 0.25) is 5.95 Å². The van der Waals surface area contributed by atoms with Crippen LogP contribution in [-0.2, 0) is 33.8 Å². The van der Waals surface area contributed by atoms with Gasteiger partial charge in [-0.1, -0.05) is 0 Å². The van der Waals surface area contributed by atoms with Gasteiger partial charge in [0.05, 0.1) is 18.6 Å². The van der Waals surface area contributed by atoms with E-state index >= 15 is 0 Å². The lowest BCUT2D eigenvalue weighted by molar-refractivity contribution is -0.0925. The van der Waals surface area contributed by atoms with E-state index in [-0.39, 0.29) is 5.03 Å². The van der Waals surface area contributed by atoms with E-state index in [1.165, 1.54) is 16.8 Å². The molecule has 0 radical (unpaired) electrons. The van der Waals surface area contributed by atoms with Crippen LogP contribution in [0.3, 0.4) is 0 Å². The average Bonchev–Trinajstić information content (AvgIpc) is 3.09. The third-order valence-electron chi connectivity index (χ3n) is 5.25. The first-order valence-electron chi connectivity index (χ1n) is 8.98. The summed E-state index contributed by atoms with van der Waals surface area (Å²) >= 11 is 0. The molecule has 0 atom stereocenters. The first-order chi connectivity index (χ1) is 12.8. The molecule has 146 valence electrons. The maximum atomic E-state index is 12.8. The van der Waals surface area contributed by atoms with Gasteiger partial charge in [-0.2, -0.15) is 4.31 Å². The van der Waals surface area contributed by atoms with E-state index < -0.39 is 15.6 Å². The largest absolute Gasteiger partial charge is 0.368 e. The van der Waals surface area contributed by atoms with Crippen LogP contribution < -0.4 is 4.90 Å². The monoisotopic (exact) mass is 392 g/mol. The van der Waals surface area contributed by atoms with Gasteiger partial charge in [0, 0.05) is 46.6 Å². The van der Waals surface area contributed by atoms with Gasteiger partial charge in [0.1, 0.15) is 5.60 Å². The molecule has 4 rings (SSSR count). The standard InChI is InChI=1S/C17H24N6O3S/c1-21(2)16-18-10-13-4-9-26-17(15(13)20-16)5-7-23(8-6-17)27(24,25)14-11-22(3)12-19-14/h10-12H,4-9H2,1-3H3. The summed E-state index contributed by atoms with van der Waals surface area (Å²) in [6, 6.07) is 0. The Morgan fingerprint density at radius 3 is 2.59 bits per heavy atom. The summed E-state index contributed by atoms with van der Waals surface area (Å²) in [4.78, 5) is 15.0. The Morgan fingerprint density at radius 1 is 1.22 bits per heavy atom. The highest BCUT2D eigenvalue weighted by Gasteiger charge is 2.45. The molecule has 10 heteroatoms. The molecular weight excluding hydrogens is 368 g/mol. The number of rotatable bonds is 3. The van der Waals surface area contributed by atoms with Crippen molar-refractivity contribution in [2.24, 2.45) is 7.05 Å². The summed E-state index contributed by atoms with van der Waals surface area (Å²) in [5.74, 6) is 0.641. The molecule has 27 heavy (non-hydrogen) atoms. The smallest absolute Gasteiger partial charge is 0.262 e. The van der Waals surface area contributed by atoms with E-state index in [9.17, 15) is 8.42 Å². The molecule has 0 bridgehead atoms. The van der Waals surface area contributed by atoms with Crippen molar-refractivity contribution in [3.8, 4) is 0 Å². The predicted octanol–water partition coefficient (Wildman–Crippen LogP) is 0.529. The zero-order valence-corrected chi connectivity index (χ0v) is 16.6. The Bertz CT molecular complexity index is 947. The van der Waals surface area contributed by atoms with Crippen LogP contribution >= 0.6 is 0 Å². The highest BCUT2D eigenvalue weighted by Crippen LogP contribution is 2.41. The fourth-order valence-electron chi connectivity index (χ4n) is 3.74. The summed E-state index contributed by atoms with van der Waals surface area (Å²) in [5.41, 5.74) is 1.45. The Kier molecular flexibility index (Phi) is 4.44. The van der Waals surface area contributed by atoms with Crippen LogP contribution in [0.1, 0.15) is 24.1 Å². The van der Waals surface area contributed by atoms with Gasteiger partial charge in [-0.05, 0) is 24.8 Å². The number of ether oxygens (including phenoxy) is 1. The second-order valence-electron chi connectivity index (χ2n) is 7.31. The van der Waals surface area contributed by atoms with Gasteiger partial charge < -0.3 is 14.2 Å². The number of hydrogen-bond donors (Lipinski definition) is 0. The summed E-state index contributed by atoms with van der Waals surface area (Å²) < 4.78 is 35.0. The van der Waals surface area contributed by atoms with Crippen molar-refractivity contribution in [2.75, 3.05) is 38.7 Å². The highest BCUT2D eigenvalue weighted by molar-refractivity contribution is 7.89. The van der Waals surface area contributed by atoms with Crippen molar-refractivity contribution in [1.82, 2.24) is 23.8 Å². The molecular formula is C17H24N6O3S. The summed E-state index contributed by atoms with van der Waals surface area (Å²) in [6.07, 6.45) is 6.81. The minimum absolute atomic E-state index is 0.0862. The molecule has 1 saturated heterocycles. The lowest BCUT2D eigenvalue weighted by Crippen LogP contribution is -2.49. The number of aryl methyl sites for hydroxylation is 1. The lowest BCUT2D eigenvalue weighted by Gasteiger charge is -2.43. The molecule has 1 fully saturated rings. The Morgan fingerprint density at radius 2 is 1.96 bits per heavy atom. The molecule has 0 aliphatic carbocycles. The topological polar surface area (TPSA) is 93.5 Å². The van der Waals surface area contributed by atoms with E-state index in [0.29, 0.717) is 38.5 Å². The minimum Gasteiger partial charge on any atom is -0.368 e. The van der Waals surface area contributed by atoms with Crippen molar-refractivity contribution < 1.29 is 13.2 Å². The third-order valence-corrected chi connectivity index (χ3v) is 7.03. The summed E-state index contributed by atoms with van der Waals surface area (Å²) in [6.45, 7) is 1.35. The number of sulfonamides is 1. The van der Waals surface area contributed by atoms with Crippen molar-refractivity contribution in [3.63, 3.8) is 0 Å². The van der Waals surface area contributed by atoms with Crippen LogP contribution in [0.4, 0.5) is 5.95 Å². The maximum Gasteiger partial charge on any atom is 0.262 e. The fourth-order valence-corrected chi connectivity index (χ4v) is 5.15. The number of aromatic nitrogens is 4. The summed E-state index contributed by atoms with van der Waals surface area (Å²) in [5, 5.41) is 0.0862. The molecule has 1 spiro atoms. The van der Waals surface area contributed by atoms with Crippen LogP contribution in [0.25, 0.3) is 0 Å². The molecule has 2 aliphatic heterocycles. The number of piperidine rings is 1. The van der Waals surface area contributed by atoms with Crippen LogP contribution in [0.15, 0.2) is 23.7 Å². The van der Waals surface area contributed by atoms with Gasteiger partial charge >= 0.3 is 0 Å². The van der Waals surface area contributed by atoms with E-state index in [1.54, 1.807) is 11.6 Å². The van der Waals surface area contributed by atoms with Crippen molar-refractivity contribution >= 4 is 16.0 Å². The van der Waals surface area contributed by atoms with Crippen LogP contribution in [0.2, 0.25) is 0 Å². The lowest BCUT2D eigenvalue weighted by atomic mass is 9.84. The molecule has 0 N–H and O–H groups in total. The third kappa shape index (κ3) is 3.11. The SMILES string of the molecule is CN(C)c1ncc2c(n1)C1(CCN(S(=O)(=O)c3cn(C)cn3)CC1)OCC2. The van der Waals surface area contributed by atoms with Gasteiger partial charge in [-0.15, -0.1) is 0 Å². The number of hydrogen-bond acceptors (Lipinski definition) is 7. The second-order valence-corrected chi connectivity index (χ2v) is 9.20. The van der Waals surface area contributed by atoms with Crippen LogP contribution in [0.5, 0.6) is 0 Å². The zero-order valence-electron chi connectivity index (χ0n) is 15.8. The first kappa shape index (κ1) is 18.3. The zero-order chi connectivity index (χ0) is 19.2. The van der Waals surface area contributed by atoms with Crippen molar-refractivity contribution in [3.05, 3.63) is 30.0 Å². The average molecular weight is 392 g/mol. The Hall–Kier alpha value is -2.04. The van der Waals surface area contributed by atoms with Crippen LogP contribution in [0, 0.1) is 0 Å². The highest BCUT2D eigenvalue weighted by atomic mass is 32.2. The van der Waals surface area contributed by atoms with Gasteiger partial charge in [0.25, 0.3) is 10.0 Å². The van der Waals surface area contributed by atoms with Gasteiger partial charge in [-0.25, -0.2) is 23.4 Å². The molecule has 0 saturated carbocycles. The van der Waals surface area contributed by atoms with Gasteiger partial charge in [0.15, 0.2) is 5.03 Å². The molecule has 4 heterocycles. The maximum absolute atomic E-state index is 12.8. The quantitative estimate of drug-likeness (QED) is 0.752. The Balaban J connectivity index is 1.60.